The van der Waals surface area contributed by atoms with Crippen molar-refractivity contribution in [2.45, 2.75) is 0 Å². The maximum atomic E-state index is 12.5. The van der Waals surface area contributed by atoms with Gasteiger partial charge in [0.15, 0.2) is 5.13 Å². The number of aromatic nitrogens is 1. The molecule has 7 heteroatoms. The lowest BCUT2D eigenvalue weighted by atomic mass is 10.00. The topological polar surface area (TPSA) is 63.7 Å². The molecule has 1 fully saturated rings. The van der Waals surface area contributed by atoms with Gasteiger partial charge in [-0.1, -0.05) is 23.5 Å². The molecule has 0 aliphatic carbocycles. The van der Waals surface area contributed by atoms with Gasteiger partial charge in [0, 0.05) is 13.1 Å². The molecule has 134 valence electrons. The van der Waals surface area contributed by atoms with E-state index in [1.165, 1.54) is 0 Å². The molecule has 0 atom stereocenters. The summed E-state index contributed by atoms with van der Waals surface area (Å²) in [4.78, 5) is 19.2. The first-order valence-electron chi connectivity index (χ1n) is 8.31. The molecule has 0 unspecified atom stereocenters. The van der Waals surface area contributed by atoms with E-state index in [-0.39, 0.29) is 11.8 Å². The van der Waals surface area contributed by atoms with Gasteiger partial charge < -0.3 is 19.7 Å². The predicted molar refractivity (Wildman–Crippen MR) is 103 cm³/mol. The van der Waals surface area contributed by atoms with Crippen LogP contribution in [0.1, 0.15) is 0 Å². The maximum absolute atomic E-state index is 12.5. The molecule has 2 heterocycles. The van der Waals surface area contributed by atoms with Crippen molar-refractivity contribution < 1.29 is 14.3 Å². The molecule has 4 rings (SSSR count). The summed E-state index contributed by atoms with van der Waals surface area (Å²) in [5.41, 5.74) is 1.65. The van der Waals surface area contributed by atoms with E-state index in [4.69, 9.17) is 9.47 Å². The minimum Gasteiger partial charge on any atom is -0.497 e. The van der Waals surface area contributed by atoms with E-state index in [9.17, 15) is 4.79 Å². The first kappa shape index (κ1) is 16.7. The Hall–Kier alpha value is -2.80. The summed E-state index contributed by atoms with van der Waals surface area (Å²) in [6, 6.07) is 13.3. The van der Waals surface area contributed by atoms with Gasteiger partial charge in [-0.05, 0) is 30.3 Å². The monoisotopic (exact) mass is 369 g/mol. The molecule has 1 saturated heterocycles. The summed E-state index contributed by atoms with van der Waals surface area (Å²) in [5.74, 6) is 1.44. The number of para-hydroxylation sites is 2. The zero-order valence-corrected chi connectivity index (χ0v) is 15.4. The zero-order chi connectivity index (χ0) is 18.1. The van der Waals surface area contributed by atoms with Crippen molar-refractivity contribution in [3.63, 3.8) is 0 Å². The number of ether oxygens (including phenoxy) is 2. The highest BCUT2D eigenvalue weighted by Gasteiger charge is 2.34. The van der Waals surface area contributed by atoms with E-state index in [1.54, 1.807) is 25.6 Å². The standard InChI is InChI=1S/C19H19N3O3S/c1-24-13-7-8-15-17(9-13)26-19(21-15)22-10-12(11-22)18(23)20-14-5-3-4-6-16(14)25-2/h3-9,12H,10-11H2,1-2H3,(H,20,23). The number of carbonyl (C=O) groups is 1. The van der Waals surface area contributed by atoms with Gasteiger partial charge in [-0.15, -0.1) is 0 Å². The summed E-state index contributed by atoms with van der Waals surface area (Å²) >= 11 is 1.62. The van der Waals surface area contributed by atoms with Crippen LogP contribution in [0, 0.1) is 5.92 Å². The SMILES string of the molecule is COc1ccc2nc(N3CC(C(=O)Nc4ccccc4OC)C3)sc2c1. The van der Waals surface area contributed by atoms with E-state index in [0.29, 0.717) is 24.5 Å². The second-order valence-electron chi connectivity index (χ2n) is 6.12. The van der Waals surface area contributed by atoms with Crippen LogP contribution < -0.4 is 19.7 Å². The molecule has 26 heavy (non-hydrogen) atoms. The van der Waals surface area contributed by atoms with Crippen molar-refractivity contribution in [1.82, 2.24) is 4.98 Å². The summed E-state index contributed by atoms with van der Waals surface area (Å²) in [5, 5.41) is 3.89. The number of nitrogens with zero attached hydrogens (tertiary/aromatic N) is 2. The number of benzene rings is 2. The molecule has 1 aliphatic rings. The summed E-state index contributed by atoms with van der Waals surface area (Å²) in [6.07, 6.45) is 0. The number of amides is 1. The second kappa shape index (κ2) is 6.84. The van der Waals surface area contributed by atoms with Crippen LogP contribution in [0.25, 0.3) is 10.2 Å². The van der Waals surface area contributed by atoms with Crippen LogP contribution in [-0.2, 0) is 4.79 Å². The first-order valence-corrected chi connectivity index (χ1v) is 9.13. The fourth-order valence-electron chi connectivity index (χ4n) is 2.94. The fraction of sp³-hybridized carbons (Fsp3) is 0.263. The number of hydrogen-bond donors (Lipinski definition) is 1. The first-order chi connectivity index (χ1) is 12.7. The highest BCUT2D eigenvalue weighted by Crippen LogP contribution is 2.35. The number of fused-ring (bicyclic) bond motifs is 1. The molecule has 1 aromatic heterocycles. The fourth-order valence-corrected chi connectivity index (χ4v) is 3.95. The van der Waals surface area contributed by atoms with Gasteiger partial charge in [0.25, 0.3) is 0 Å². The van der Waals surface area contributed by atoms with Crippen molar-refractivity contribution in [3.8, 4) is 11.5 Å². The Morgan fingerprint density at radius 3 is 2.77 bits per heavy atom. The number of methoxy groups -OCH3 is 2. The van der Waals surface area contributed by atoms with Gasteiger partial charge in [0.2, 0.25) is 5.91 Å². The molecule has 0 radical (unpaired) electrons. The lowest BCUT2D eigenvalue weighted by Crippen LogP contribution is -2.52. The van der Waals surface area contributed by atoms with Gasteiger partial charge in [-0.2, -0.15) is 0 Å². The Labute approximate surface area is 155 Å². The molecular formula is C19H19N3O3S. The van der Waals surface area contributed by atoms with Crippen LogP contribution in [0.5, 0.6) is 11.5 Å². The Morgan fingerprint density at radius 2 is 2.00 bits per heavy atom. The largest absolute Gasteiger partial charge is 0.497 e. The van der Waals surface area contributed by atoms with Crippen molar-refractivity contribution in [3.05, 3.63) is 42.5 Å². The number of carbonyl (C=O) groups excluding carboxylic acids is 1. The van der Waals surface area contributed by atoms with E-state index < -0.39 is 0 Å². The molecule has 0 bridgehead atoms. The van der Waals surface area contributed by atoms with Crippen LogP contribution in [0.3, 0.4) is 0 Å². The van der Waals surface area contributed by atoms with Crippen LogP contribution in [0.15, 0.2) is 42.5 Å². The second-order valence-corrected chi connectivity index (χ2v) is 7.13. The lowest BCUT2D eigenvalue weighted by Gasteiger charge is -2.38. The number of rotatable bonds is 5. The third-order valence-electron chi connectivity index (χ3n) is 4.47. The maximum Gasteiger partial charge on any atom is 0.231 e. The highest BCUT2D eigenvalue weighted by molar-refractivity contribution is 7.22. The average molecular weight is 369 g/mol. The Morgan fingerprint density at radius 1 is 1.19 bits per heavy atom. The van der Waals surface area contributed by atoms with Crippen LogP contribution in [0.4, 0.5) is 10.8 Å². The molecule has 0 spiro atoms. The van der Waals surface area contributed by atoms with E-state index in [2.05, 4.69) is 15.2 Å². The minimum absolute atomic E-state index is 0.00790. The van der Waals surface area contributed by atoms with Gasteiger partial charge in [0.1, 0.15) is 11.5 Å². The van der Waals surface area contributed by atoms with Crippen molar-refractivity contribution in [2.24, 2.45) is 5.92 Å². The van der Waals surface area contributed by atoms with E-state index >= 15 is 0 Å². The summed E-state index contributed by atoms with van der Waals surface area (Å²) < 4.78 is 11.6. The Balaban J connectivity index is 1.41. The smallest absolute Gasteiger partial charge is 0.231 e. The number of nitrogens with one attached hydrogen (secondary N) is 1. The normalized spacial score (nSPS) is 14.2. The Kier molecular flexibility index (Phi) is 4.38. The Bertz CT molecular complexity index is 950. The summed E-state index contributed by atoms with van der Waals surface area (Å²) in [6.45, 7) is 1.33. The molecule has 1 amide bonds. The van der Waals surface area contributed by atoms with Crippen LogP contribution in [0.2, 0.25) is 0 Å². The number of thiazole rings is 1. The van der Waals surface area contributed by atoms with Crippen molar-refractivity contribution in [1.29, 1.82) is 0 Å². The number of anilines is 2. The van der Waals surface area contributed by atoms with E-state index in [1.807, 2.05) is 42.5 Å². The third-order valence-corrected chi connectivity index (χ3v) is 5.55. The summed E-state index contributed by atoms with van der Waals surface area (Å²) in [7, 11) is 3.25. The molecule has 1 aliphatic heterocycles. The highest BCUT2D eigenvalue weighted by atomic mass is 32.1. The minimum atomic E-state index is -0.0542. The molecule has 1 N–H and O–H groups in total. The molecular weight excluding hydrogens is 350 g/mol. The lowest BCUT2D eigenvalue weighted by molar-refractivity contribution is -0.120. The van der Waals surface area contributed by atoms with Gasteiger partial charge in [-0.3, -0.25) is 4.79 Å². The van der Waals surface area contributed by atoms with Crippen LogP contribution >= 0.6 is 11.3 Å². The van der Waals surface area contributed by atoms with Gasteiger partial charge in [0.05, 0.1) is 36.0 Å². The van der Waals surface area contributed by atoms with Gasteiger partial charge >= 0.3 is 0 Å². The molecule has 2 aromatic carbocycles. The molecule has 3 aromatic rings. The molecule has 6 nitrogen and oxygen atoms in total. The predicted octanol–water partition coefficient (Wildman–Crippen LogP) is 3.39. The number of hydrogen-bond acceptors (Lipinski definition) is 6. The van der Waals surface area contributed by atoms with Gasteiger partial charge in [-0.25, -0.2) is 4.98 Å². The van der Waals surface area contributed by atoms with Crippen molar-refractivity contribution >= 4 is 38.3 Å². The quantitative estimate of drug-likeness (QED) is 0.747. The zero-order valence-electron chi connectivity index (χ0n) is 14.6. The van der Waals surface area contributed by atoms with E-state index in [0.717, 1.165) is 21.1 Å². The van der Waals surface area contributed by atoms with Crippen LogP contribution in [-0.4, -0.2) is 38.2 Å². The average Bonchev–Trinajstić information content (AvgIpc) is 3.03. The van der Waals surface area contributed by atoms with Crippen molar-refractivity contribution in [2.75, 3.05) is 37.5 Å². The third kappa shape index (κ3) is 3.06. The molecule has 0 saturated carbocycles.